The van der Waals surface area contributed by atoms with Crippen molar-refractivity contribution < 1.29 is 4.42 Å². The van der Waals surface area contributed by atoms with Crippen LogP contribution in [-0.4, -0.2) is 0 Å². The fourth-order valence-electron chi connectivity index (χ4n) is 10.1. The van der Waals surface area contributed by atoms with Crippen molar-refractivity contribution in [3.63, 3.8) is 0 Å². The molecule has 0 unspecified atom stereocenters. The zero-order valence-electron chi connectivity index (χ0n) is 33.4. The molecule has 0 atom stereocenters. The van der Waals surface area contributed by atoms with E-state index >= 15 is 0 Å². The predicted molar refractivity (Wildman–Crippen MR) is 254 cm³/mol. The molecule has 0 spiro atoms. The van der Waals surface area contributed by atoms with Crippen LogP contribution in [0.3, 0.4) is 0 Å². The maximum atomic E-state index is 6.61. The summed E-state index contributed by atoms with van der Waals surface area (Å²) in [5, 5.41) is 4.65. The number of fused-ring (bicyclic) bond motifs is 7. The molecule has 2 nitrogen and oxygen atoms in total. The first-order valence-electron chi connectivity index (χ1n) is 21.0. The van der Waals surface area contributed by atoms with E-state index in [1.165, 1.54) is 55.3 Å². The monoisotopic (exact) mass is 777 g/mol. The molecule has 11 aromatic rings. The van der Waals surface area contributed by atoms with Gasteiger partial charge < -0.3 is 9.32 Å². The van der Waals surface area contributed by atoms with Gasteiger partial charge in [-0.15, -0.1) is 0 Å². The zero-order chi connectivity index (χ0) is 40.3. The average molecular weight is 778 g/mol. The second kappa shape index (κ2) is 14.1. The van der Waals surface area contributed by atoms with Crippen LogP contribution >= 0.6 is 0 Å². The van der Waals surface area contributed by atoms with Crippen LogP contribution in [-0.2, 0) is 5.41 Å². The lowest BCUT2D eigenvalue weighted by atomic mass is 9.67. The van der Waals surface area contributed by atoms with Crippen LogP contribution in [0.4, 0.5) is 17.1 Å². The Hall–Kier alpha value is -7.94. The van der Waals surface area contributed by atoms with E-state index in [1.54, 1.807) is 0 Å². The normalized spacial score (nSPS) is 12.7. The van der Waals surface area contributed by atoms with Gasteiger partial charge in [0.15, 0.2) is 0 Å². The van der Waals surface area contributed by atoms with Crippen molar-refractivity contribution in [2.75, 3.05) is 4.90 Å². The maximum absolute atomic E-state index is 6.61. The lowest BCUT2D eigenvalue weighted by Gasteiger charge is -2.35. The Morgan fingerprint density at radius 3 is 1.75 bits per heavy atom. The van der Waals surface area contributed by atoms with Crippen molar-refractivity contribution in [1.29, 1.82) is 0 Å². The van der Waals surface area contributed by atoms with Gasteiger partial charge in [0.25, 0.3) is 0 Å². The number of hydrogen-bond donors (Lipinski definition) is 0. The highest BCUT2D eigenvalue weighted by Gasteiger charge is 2.46. The first-order chi connectivity index (χ1) is 30.3. The third-order valence-electron chi connectivity index (χ3n) is 12.7. The van der Waals surface area contributed by atoms with Gasteiger partial charge in [-0.3, -0.25) is 0 Å². The number of furan rings is 1. The topological polar surface area (TPSA) is 16.4 Å². The van der Waals surface area contributed by atoms with E-state index in [9.17, 15) is 0 Å². The highest BCUT2D eigenvalue weighted by Crippen LogP contribution is 2.57. The Morgan fingerprint density at radius 2 is 0.951 bits per heavy atom. The molecule has 0 saturated heterocycles. The average Bonchev–Trinajstić information content (AvgIpc) is 3.86. The summed E-state index contributed by atoms with van der Waals surface area (Å²) < 4.78 is 6.61. The summed E-state index contributed by atoms with van der Waals surface area (Å²) in [5.41, 5.74) is 16.5. The number of para-hydroxylation sites is 2. The van der Waals surface area contributed by atoms with E-state index in [2.05, 4.69) is 235 Å². The maximum Gasteiger partial charge on any atom is 0.143 e. The Kier molecular flexibility index (Phi) is 8.11. The highest BCUT2D eigenvalue weighted by atomic mass is 16.3. The van der Waals surface area contributed by atoms with Crippen LogP contribution in [0.1, 0.15) is 22.3 Å². The molecule has 12 rings (SSSR count). The van der Waals surface area contributed by atoms with E-state index in [0.717, 1.165) is 50.1 Å². The molecular formula is C59H39NO. The molecule has 61 heavy (non-hydrogen) atoms. The van der Waals surface area contributed by atoms with Crippen molar-refractivity contribution in [3.05, 3.63) is 259 Å². The van der Waals surface area contributed by atoms with Crippen molar-refractivity contribution in [2.45, 2.75) is 5.41 Å². The SMILES string of the molecule is c1ccc(-c2c(N(c3cccc(-c4cccc5c4oc4ccccc45)c3)c3ccc4c(c3)C(c3ccccc3)(c3ccccc3)c3ccccc3-4)ccc3ccccc23)cc1. The van der Waals surface area contributed by atoms with Gasteiger partial charge in [-0.1, -0.05) is 200 Å². The van der Waals surface area contributed by atoms with Gasteiger partial charge in [-0.05, 0) is 91.7 Å². The van der Waals surface area contributed by atoms with E-state index < -0.39 is 5.41 Å². The molecule has 10 aromatic carbocycles. The summed E-state index contributed by atoms with van der Waals surface area (Å²) in [5.74, 6) is 0. The van der Waals surface area contributed by atoms with Crippen LogP contribution < -0.4 is 4.90 Å². The molecule has 286 valence electrons. The van der Waals surface area contributed by atoms with Crippen LogP contribution in [0.5, 0.6) is 0 Å². The zero-order valence-corrected chi connectivity index (χ0v) is 33.4. The van der Waals surface area contributed by atoms with Gasteiger partial charge in [-0.2, -0.15) is 0 Å². The second-order valence-corrected chi connectivity index (χ2v) is 16.0. The molecule has 2 heteroatoms. The number of hydrogen-bond acceptors (Lipinski definition) is 2. The minimum Gasteiger partial charge on any atom is -0.455 e. The predicted octanol–water partition coefficient (Wildman–Crippen LogP) is 15.9. The van der Waals surface area contributed by atoms with Gasteiger partial charge in [-0.25, -0.2) is 0 Å². The van der Waals surface area contributed by atoms with Crippen LogP contribution in [0.25, 0.3) is 66.1 Å². The molecule has 1 heterocycles. The summed E-state index contributed by atoms with van der Waals surface area (Å²) >= 11 is 0. The Labute approximate surface area is 355 Å². The van der Waals surface area contributed by atoms with E-state index in [4.69, 9.17) is 4.42 Å². The van der Waals surface area contributed by atoms with Gasteiger partial charge in [0.2, 0.25) is 0 Å². The van der Waals surface area contributed by atoms with Crippen molar-refractivity contribution in [3.8, 4) is 33.4 Å². The molecule has 0 amide bonds. The van der Waals surface area contributed by atoms with E-state index in [-0.39, 0.29) is 0 Å². The number of nitrogens with zero attached hydrogens (tertiary/aromatic N) is 1. The minimum atomic E-state index is -0.541. The van der Waals surface area contributed by atoms with Crippen LogP contribution in [0, 0.1) is 0 Å². The van der Waals surface area contributed by atoms with Gasteiger partial charge in [0, 0.05) is 33.3 Å². The third-order valence-corrected chi connectivity index (χ3v) is 12.7. The summed E-state index contributed by atoms with van der Waals surface area (Å²) in [6.07, 6.45) is 0. The molecule has 0 aliphatic heterocycles. The standard InChI is InChI=1S/C59H39NO/c1-4-19-41(20-5-1)57-47-27-11-10-18-40(47)34-37-55(57)60(45-26-16-21-42(38-45)48-30-17-31-52-51-29-13-15-33-56(51)61-58(48)52)46-35-36-50-49-28-12-14-32-53(49)59(54(50)39-46,43-22-6-2-7-23-43)44-24-8-3-9-25-44/h1-39H. The number of benzene rings is 10. The summed E-state index contributed by atoms with van der Waals surface area (Å²) in [4.78, 5) is 2.47. The van der Waals surface area contributed by atoms with Gasteiger partial charge in [0.1, 0.15) is 11.2 Å². The Bertz CT molecular complexity index is 3380. The lowest BCUT2D eigenvalue weighted by Crippen LogP contribution is -2.28. The van der Waals surface area contributed by atoms with Gasteiger partial charge in [0.05, 0.1) is 11.1 Å². The lowest BCUT2D eigenvalue weighted by molar-refractivity contribution is 0.670. The summed E-state index contributed by atoms with van der Waals surface area (Å²) in [7, 11) is 0. The van der Waals surface area contributed by atoms with Crippen molar-refractivity contribution >= 4 is 49.8 Å². The van der Waals surface area contributed by atoms with Crippen molar-refractivity contribution in [2.24, 2.45) is 0 Å². The molecule has 1 aromatic heterocycles. The summed E-state index contributed by atoms with van der Waals surface area (Å²) in [6.45, 7) is 0. The molecule has 1 aliphatic carbocycles. The molecule has 0 fully saturated rings. The van der Waals surface area contributed by atoms with E-state index in [0.29, 0.717) is 0 Å². The molecule has 0 radical (unpaired) electrons. The summed E-state index contributed by atoms with van der Waals surface area (Å²) in [6, 6.07) is 86.1. The third kappa shape index (κ3) is 5.43. The Morgan fingerprint density at radius 1 is 0.361 bits per heavy atom. The molecule has 0 saturated carbocycles. The first-order valence-corrected chi connectivity index (χ1v) is 21.0. The molecular weight excluding hydrogens is 739 g/mol. The Balaban J connectivity index is 1.15. The smallest absolute Gasteiger partial charge is 0.143 e. The molecule has 0 N–H and O–H groups in total. The largest absolute Gasteiger partial charge is 0.455 e. The fourth-order valence-corrected chi connectivity index (χ4v) is 10.1. The molecule has 1 aliphatic rings. The number of anilines is 3. The molecule has 0 bridgehead atoms. The quantitative estimate of drug-likeness (QED) is 0.160. The van der Waals surface area contributed by atoms with Crippen molar-refractivity contribution in [1.82, 2.24) is 0 Å². The highest BCUT2D eigenvalue weighted by molar-refractivity contribution is 6.10. The van der Waals surface area contributed by atoms with Crippen LogP contribution in [0.2, 0.25) is 0 Å². The first kappa shape index (κ1) is 35.0. The fraction of sp³-hybridized carbons (Fsp3) is 0.0169. The van der Waals surface area contributed by atoms with Crippen LogP contribution in [0.15, 0.2) is 241 Å². The second-order valence-electron chi connectivity index (χ2n) is 16.0. The number of rotatable bonds is 7. The minimum absolute atomic E-state index is 0.541. The van der Waals surface area contributed by atoms with E-state index in [1.807, 2.05) is 6.07 Å². The van der Waals surface area contributed by atoms with Gasteiger partial charge >= 0.3 is 0 Å².